The van der Waals surface area contributed by atoms with Gasteiger partial charge in [0.1, 0.15) is 73.8 Å². The average Bonchev–Trinajstić information content (AvgIpc) is 4.11. The lowest BCUT2D eigenvalue weighted by Crippen LogP contribution is -2.47. The van der Waals surface area contributed by atoms with E-state index in [1.165, 1.54) is 0 Å². The van der Waals surface area contributed by atoms with Crippen LogP contribution in [0.3, 0.4) is 0 Å². The number of nitrogens with two attached hydrogens (primary N) is 1. The van der Waals surface area contributed by atoms with Crippen LogP contribution in [0.2, 0.25) is 10.0 Å². The molecule has 3 saturated heterocycles. The zero-order valence-electron chi connectivity index (χ0n) is 34.3. The minimum atomic E-state index is -0.573. The topological polar surface area (TPSA) is 155 Å². The molecule has 4 aromatic carbocycles. The molecule has 0 saturated carbocycles. The number of para-hydroxylation sites is 2. The summed E-state index contributed by atoms with van der Waals surface area (Å²) >= 11 is 11.6. The molecule has 12 nitrogen and oxygen atoms in total. The van der Waals surface area contributed by atoms with E-state index in [4.69, 9.17) is 52.6 Å². The second-order valence-electron chi connectivity index (χ2n) is 15.3. The average molecular weight is 870 g/mol. The number of rotatable bonds is 19. The lowest BCUT2D eigenvalue weighted by Gasteiger charge is -2.33. The molecule has 0 aliphatic carbocycles. The molecular weight excluding hydrogens is 807 g/mol. The summed E-state index contributed by atoms with van der Waals surface area (Å²) in [6.07, 6.45) is 2.78. The van der Waals surface area contributed by atoms with Crippen LogP contribution in [0.25, 0.3) is 0 Å². The van der Waals surface area contributed by atoms with Crippen LogP contribution in [0.5, 0.6) is 23.0 Å². The molecule has 3 heterocycles. The Balaban J connectivity index is 0.000000191. The number of benzene rings is 4. The van der Waals surface area contributed by atoms with Crippen LogP contribution in [-0.4, -0.2) is 140 Å². The van der Waals surface area contributed by atoms with Gasteiger partial charge in [-0.1, -0.05) is 59.6 Å². The van der Waals surface area contributed by atoms with Crippen LogP contribution in [0.4, 0.5) is 0 Å². The largest absolute Gasteiger partial charge is 0.491 e. The second kappa shape index (κ2) is 26.6. The normalized spacial score (nSPS) is 18.7. The first kappa shape index (κ1) is 47.4. The summed E-state index contributed by atoms with van der Waals surface area (Å²) in [6.45, 7) is 7.88. The summed E-state index contributed by atoms with van der Waals surface area (Å²) in [4.78, 5) is 4.51. The third kappa shape index (κ3) is 19.8. The van der Waals surface area contributed by atoms with Crippen molar-refractivity contribution < 1.29 is 39.0 Å². The van der Waals surface area contributed by atoms with Crippen molar-refractivity contribution in [3.05, 3.63) is 119 Å². The van der Waals surface area contributed by atoms with E-state index in [-0.39, 0.29) is 6.61 Å². The molecule has 14 heteroatoms. The van der Waals surface area contributed by atoms with Crippen molar-refractivity contribution in [1.82, 2.24) is 15.1 Å². The molecule has 328 valence electrons. The molecule has 6 N–H and O–H groups in total. The molecule has 60 heavy (non-hydrogen) atoms. The molecule has 0 radical (unpaired) electrons. The molecule has 3 aliphatic rings. The number of hydrogen-bond donors (Lipinski definition) is 5. The maximum absolute atomic E-state index is 10.2. The summed E-state index contributed by atoms with van der Waals surface area (Å²) in [5, 5.41) is 35.1. The van der Waals surface area contributed by atoms with E-state index < -0.39 is 18.3 Å². The van der Waals surface area contributed by atoms with Crippen molar-refractivity contribution in [2.24, 2.45) is 5.73 Å². The van der Waals surface area contributed by atoms with Gasteiger partial charge in [0.15, 0.2) is 0 Å². The number of likely N-dealkylation sites (tertiary alicyclic amines) is 2. The number of β-amino-alcohol motifs (C(OH)–C–C–N with tert-alkyl or cyclic N) is 2. The Morgan fingerprint density at radius 2 is 0.983 bits per heavy atom. The van der Waals surface area contributed by atoms with Gasteiger partial charge < -0.3 is 59.9 Å². The first-order valence-corrected chi connectivity index (χ1v) is 21.6. The van der Waals surface area contributed by atoms with E-state index in [9.17, 15) is 15.3 Å². The van der Waals surface area contributed by atoms with Crippen molar-refractivity contribution in [3.8, 4) is 23.0 Å². The standard InChI is InChI=1S/C23H31ClN2O4.C14H22N2O2.C9H9ClO2/c24-18-6-8-23(9-7-18)29-16-20(27)14-25-19-10-12-26(13-11-19)15-21(28)17-30-22-4-2-1-3-5-22;15-12-6-8-16(9-7-12)10-13(17)11-18-14-4-2-1-3-5-14;10-7-1-3-8(4-2-7)11-5-9-6-12-9/h1-9,19-21,25,27-28H,10-17H2;1-5,12-13,17H,6-11,15H2;1-4,9H,5-6H2. The van der Waals surface area contributed by atoms with Crippen LogP contribution < -0.4 is 30.0 Å². The third-order valence-electron chi connectivity index (χ3n) is 10.1. The van der Waals surface area contributed by atoms with Gasteiger partial charge in [-0.05, 0) is 125 Å². The van der Waals surface area contributed by atoms with Crippen molar-refractivity contribution >= 4 is 23.2 Å². The molecule has 4 atom stereocenters. The summed E-state index contributed by atoms with van der Waals surface area (Å²) in [7, 11) is 0. The highest BCUT2D eigenvalue weighted by Gasteiger charge is 2.24. The molecule has 7 rings (SSSR count). The van der Waals surface area contributed by atoms with Crippen molar-refractivity contribution in [1.29, 1.82) is 0 Å². The van der Waals surface area contributed by atoms with Gasteiger partial charge in [-0.2, -0.15) is 0 Å². The number of hydrogen-bond acceptors (Lipinski definition) is 12. The van der Waals surface area contributed by atoms with Gasteiger partial charge in [-0.3, -0.25) is 0 Å². The molecule has 4 unspecified atom stereocenters. The minimum absolute atomic E-state index is 0.237. The highest BCUT2D eigenvalue weighted by atomic mass is 35.5. The van der Waals surface area contributed by atoms with Crippen molar-refractivity contribution in [2.75, 3.05) is 78.8 Å². The lowest BCUT2D eigenvalue weighted by atomic mass is 10.0. The molecule has 3 fully saturated rings. The maximum Gasteiger partial charge on any atom is 0.119 e. The van der Waals surface area contributed by atoms with Gasteiger partial charge in [0, 0.05) is 41.8 Å². The van der Waals surface area contributed by atoms with Gasteiger partial charge in [-0.25, -0.2) is 0 Å². The van der Waals surface area contributed by atoms with Gasteiger partial charge in [0.05, 0.1) is 6.61 Å². The van der Waals surface area contributed by atoms with Gasteiger partial charge in [0.25, 0.3) is 0 Å². The van der Waals surface area contributed by atoms with E-state index in [2.05, 4.69) is 15.1 Å². The molecule has 0 bridgehead atoms. The molecule has 0 amide bonds. The highest BCUT2D eigenvalue weighted by Crippen LogP contribution is 2.19. The number of piperidine rings is 2. The van der Waals surface area contributed by atoms with Crippen LogP contribution in [0.15, 0.2) is 109 Å². The summed E-state index contributed by atoms with van der Waals surface area (Å²) < 4.78 is 27.1. The molecule has 0 aromatic heterocycles. The third-order valence-corrected chi connectivity index (χ3v) is 10.6. The van der Waals surface area contributed by atoms with E-state index in [1.54, 1.807) is 24.3 Å². The molecule has 3 aliphatic heterocycles. The van der Waals surface area contributed by atoms with E-state index in [0.717, 1.165) is 80.7 Å². The smallest absolute Gasteiger partial charge is 0.119 e. The van der Waals surface area contributed by atoms with E-state index in [0.29, 0.717) is 68.4 Å². The molecule has 4 aromatic rings. The maximum atomic E-state index is 10.2. The van der Waals surface area contributed by atoms with Crippen LogP contribution in [0, 0.1) is 0 Å². The fourth-order valence-corrected chi connectivity index (χ4v) is 6.80. The zero-order chi connectivity index (χ0) is 42.4. The van der Waals surface area contributed by atoms with Gasteiger partial charge >= 0.3 is 0 Å². The Kier molecular flexibility index (Phi) is 21.0. The lowest BCUT2D eigenvalue weighted by molar-refractivity contribution is 0.0556. The van der Waals surface area contributed by atoms with Gasteiger partial charge in [-0.15, -0.1) is 0 Å². The van der Waals surface area contributed by atoms with Crippen molar-refractivity contribution in [3.63, 3.8) is 0 Å². The predicted octanol–water partition coefficient (Wildman–Crippen LogP) is 5.54. The monoisotopic (exact) mass is 868 g/mol. The number of aliphatic hydroxyl groups excluding tert-OH is 3. The first-order chi connectivity index (χ1) is 29.2. The van der Waals surface area contributed by atoms with Crippen molar-refractivity contribution in [2.45, 2.75) is 62.2 Å². The minimum Gasteiger partial charge on any atom is -0.491 e. The van der Waals surface area contributed by atoms with Crippen LogP contribution >= 0.6 is 23.2 Å². The number of epoxide rings is 1. The highest BCUT2D eigenvalue weighted by molar-refractivity contribution is 6.30. The van der Waals surface area contributed by atoms with Gasteiger partial charge in [0.2, 0.25) is 0 Å². The Hall–Kier alpha value is -3.66. The zero-order valence-corrected chi connectivity index (χ0v) is 35.8. The first-order valence-electron chi connectivity index (χ1n) is 20.9. The number of nitrogens with one attached hydrogen (secondary N) is 1. The Bertz CT molecular complexity index is 1700. The van der Waals surface area contributed by atoms with E-state index in [1.807, 2.05) is 84.9 Å². The Labute approximate surface area is 365 Å². The Morgan fingerprint density at radius 3 is 1.43 bits per heavy atom. The van der Waals surface area contributed by atoms with Crippen LogP contribution in [-0.2, 0) is 4.74 Å². The fraction of sp³-hybridized carbons (Fsp3) is 0.478. The summed E-state index contributed by atoms with van der Waals surface area (Å²) in [6, 6.07) is 34.3. The Morgan fingerprint density at radius 1 is 0.583 bits per heavy atom. The van der Waals surface area contributed by atoms with Crippen LogP contribution in [0.1, 0.15) is 25.7 Å². The quantitative estimate of drug-likeness (QED) is 0.0753. The number of aliphatic hydroxyl groups is 3. The number of nitrogens with zero attached hydrogens (tertiary/aromatic N) is 2. The SMILES string of the molecule is Clc1ccc(OCC2CO2)cc1.NC1CCN(CC(O)COc2ccccc2)CC1.OC(CNC1CCN(CC(O)COc2ccccc2)CC1)COc1ccc(Cl)cc1. The number of halogens is 2. The second-order valence-corrected chi connectivity index (χ2v) is 16.2. The fourth-order valence-electron chi connectivity index (χ4n) is 6.54. The predicted molar refractivity (Wildman–Crippen MR) is 237 cm³/mol. The molecule has 0 spiro atoms. The summed E-state index contributed by atoms with van der Waals surface area (Å²) in [5.74, 6) is 3.12. The number of ether oxygens (including phenoxy) is 5. The molecular formula is C46H62Cl2N4O8. The van der Waals surface area contributed by atoms with E-state index >= 15 is 0 Å². The summed E-state index contributed by atoms with van der Waals surface area (Å²) in [5.41, 5.74) is 5.85.